The molecule has 0 fully saturated rings. The third-order valence-corrected chi connectivity index (χ3v) is 13.3. The first-order valence-electron chi connectivity index (χ1n) is 18.7. The molecule has 0 saturated carbocycles. The van der Waals surface area contributed by atoms with Crippen LogP contribution in [0, 0.1) is 0 Å². The Morgan fingerprint density at radius 1 is 0.309 bits per heavy atom. The molecule has 0 unspecified atom stereocenters. The fourth-order valence-electron chi connectivity index (χ4n) is 8.33. The van der Waals surface area contributed by atoms with Gasteiger partial charge >= 0.3 is 0 Å². The molecule has 9 aromatic carbocycles. The van der Waals surface area contributed by atoms with Gasteiger partial charge in [-0.1, -0.05) is 158 Å². The molecule has 0 radical (unpaired) electrons. The molecular weight excluding hydrogens is 703 g/mol. The number of fused-ring (bicyclic) bond motifs is 7. The second-order valence-corrected chi connectivity index (χ2v) is 16.1. The lowest BCUT2D eigenvalue weighted by molar-refractivity contribution is 1.30. The van der Waals surface area contributed by atoms with E-state index in [0.717, 1.165) is 11.4 Å². The highest BCUT2D eigenvalue weighted by Gasteiger charge is 2.21. The van der Waals surface area contributed by atoms with Crippen molar-refractivity contribution in [2.75, 3.05) is 4.90 Å². The van der Waals surface area contributed by atoms with Gasteiger partial charge in [-0.15, -0.1) is 22.7 Å². The van der Waals surface area contributed by atoms with Crippen LogP contribution in [0.2, 0.25) is 0 Å². The van der Waals surface area contributed by atoms with Crippen LogP contribution in [0.3, 0.4) is 0 Å². The molecule has 0 aliphatic heterocycles. The average Bonchev–Trinajstić information content (AvgIpc) is 3.83. The third kappa shape index (κ3) is 5.35. The number of nitrogens with zero attached hydrogens (tertiary/aromatic N) is 1. The van der Waals surface area contributed by atoms with Gasteiger partial charge < -0.3 is 4.90 Å². The van der Waals surface area contributed by atoms with Crippen LogP contribution in [0.5, 0.6) is 0 Å². The van der Waals surface area contributed by atoms with Crippen molar-refractivity contribution >= 4 is 90.9 Å². The Balaban J connectivity index is 1.10. The summed E-state index contributed by atoms with van der Waals surface area (Å²) < 4.78 is 5.24. The van der Waals surface area contributed by atoms with Gasteiger partial charge in [-0.3, -0.25) is 0 Å². The number of benzene rings is 9. The third-order valence-electron chi connectivity index (χ3n) is 10.9. The average molecular weight is 736 g/mol. The van der Waals surface area contributed by atoms with Gasteiger partial charge in [0.15, 0.2) is 0 Å². The normalized spacial score (nSPS) is 11.6. The van der Waals surface area contributed by atoms with Crippen molar-refractivity contribution < 1.29 is 0 Å². The topological polar surface area (TPSA) is 3.24 Å². The van der Waals surface area contributed by atoms with Crippen molar-refractivity contribution in [3.05, 3.63) is 200 Å². The van der Waals surface area contributed by atoms with Gasteiger partial charge in [-0.05, 0) is 81.1 Å². The molecule has 0 aliphatic carbocycles. The number of anilines is 3. The zero-order valence-electron chi connectivity index (χ0n) is 29.8. The monoisotopic (exact) mass is 735 g/mol. The summed E-state index contributed by atoms with van der Waals surface area (Å²) in [4.78, 5) is 2.47. The Hall–Kier alpha value is -6.52. The molecule has 258 valence electrons. The number of hydrogen-bond donors (Lipinski definition) is 0. The van der Waals surface area contributed by atoms with Crippen LogP contribution >= 0.6 is 22.7 Å². The summed E-state index contributed by atoms with van der Waals surface area (Å²) in [6.07, 6.45) is 0. The SMILES string of the molecule is c1cc(-c2ccccc2N(c2ccc(-c3cccc4c3sc3ccccc34)cc2)c2cccc3c2sc2ccccc23)cc(-c2cccc3ccccc23)c1. The van der Waals surface area contributed by atoms with Crippen molar-refractivity contribution in [1.82, 2.24) is 0 Å². The molecule has 1 nitrogen and oxygen atoms in total. The summed E-state index contributed by atoms with van der Waals surface area (Å²) >= 11 is 3.75. The Morgan fingerprint density at radius 3 is 1.62 bits per heavy atom. The van der Waals surface area contributed by atoms with Crippen molar-refractivity contribution in [1.29, 1.82) is 0 Å². The molecule has 0 atom stereocenters. The van der Waals surface area contributed by atoms with Crippen molar-refractivity contribution in [3.63, 3.8) is 0 Å². The molecule has 11 aromatic rings. The van der Waals surface area contributed by atoms with E-state index in [1.807, 2.05) is 22.7 Å². The molecule has 2 heterocycles. The zero-order valence-corrected chi connectivity index (χ0v) is 31.4. The number of hydrogen-bond acceptors (Lipinski definition) is 3. The van der Waals surface area contributed by atoms with E-state index in [4.69, 9.17) is 0 Å². The standard InChI is InChI=1S/C52H33NS2/c1-2-17-39-34(13-1)14-10-21-40(39)36-15-9-16-37(33-36)41-18-3-6-25-47(41)53(48-26-12-24-46-44-20-5-8-28-50(44)55-52(46)48)38-31-29-35(30-32-38)42-22-11-23-45-43-19-4-7-27-49(43)54-51(42)45/h1-33H. The minimum Gasteiger partial charge on any atom is -0.308 e. The van der Waals surface area contributed by atoms with Crippen LogP contribution in [0.15, 0.2) is 200 Å². The highest BCUT2D eigenvalue weighted by molar-refractivity contribution is 7.26. The predicted octanol–water partition coefficient (Wildman–Crippen LogP) is 16.0. The Kier molecular flexibility index (Phi) is 7.61. The first kappa shape index (κ1) is 32.0. The van der Waals surface area contributed by atoms with Crippen molar-refractivity contribution in [2.45, 2.75) is 0 Å². The lowest BCUT2D eigenvalue weighted by Gasteiger charge is -2.28. The van der Waals surface area contributed by atoms with Crippen LogP contribution in [0.25, 0.3) is 84.5 Å². The minimum atomic E-state index is 1.12. The quantitative estimate of drug-likeness (QED) is 0.164. The van der Waals surface area contributed by atoms with Gasteiger partial charge in [0, 0.05) is 46.9 Å². The van der Waals surface area contributed by atoms with Crippen LogP contribution in [0.4, 0.5) is 17.1 Å². The first-order chi connectivity index (χ1) is 27.3. The van der Waals surface area contributed by atoms with E-state index in [2.05, 4.69) is 205 Å². The van der Waals surface area contributed by atoms with Gasteiger partial charge in [0.25, 0.3) is 0 Å². The van der Waals surface area contributed by atoms with Gasteiger partial charge in [-0.25, -0.2) is 0 Å². The van der Waals surface area contributed by atoms with E-state index < -0.39 is 0 Å². The zero-order chi connectivity index (χ0) is 36.3. The Labute approximate surface area is 327 Å². The number of thiophene rings is 2. The summed E-state index contributed by atoms with van der Waals surface area (Å²) in [6, 6.07) is 73.4. The summed E-state index contributed by atoms with van der Waals surface area (Å²) in [7, 11) is 0. The Morgan fingerprint density at radius 2 is 0.818 bits per heavy atom. The molecule has 0 amide bonds. The lowest BCUT2D eigenvalue weighted by Crippen LogP contribution is -2.11. The highest BCUT2D eigenvalue weighted by atomic mass is 32.1. The maximum absolute atomic E-state index is 2.47. The maximum Gasteiger partial charge on any atom is 0.0640 e. The van der Waals surface area contributed by atoms with Crippen molar-refractivity contribution in [2.24, 2.45) is 0 Å². The second kappa shape index (κ2) is 13.1. The molecule has 0 N–H and O–H groups in total. The van der Waals surface area contributed by atoms with Crippen LogP contribution in [-0.2, 0) is 0 Å². The molecule has 0 bridgehead atoms. The van der Waals surface area contributed by atoms with E-state index in [9.17, 15) is 0 Å². The van der Waals surface area contributed by atoms with Gasteiger partial charge in [0.1, 0.15) is 0 Å². The molecule has 3 heteroatoms. The number of para-hydroxylation sites is 1. The lowest BCUT2D eigenvalue weighted by atomic mass is 9.94. The van der Waals surface area contributed by atoms with Crippen LogP contribution < -0.4 is 4.90 Å². The first-order valence-corrected chi connectivity index (χ1v) is 20.3. The molecule has 0 spiro atoms. The summed E-state index contributed by atoms with van der Waals surface area (Å²) in [5.41, 5.74) is 10.7. The highest BCUT2D eigenvalue weighted by Crippen LogP contribution is 2.48. The van der Waals surface area contributed by atoms with Gasteiger partial charge in [-0.2, -0.15) is 0 Å². The van der Waals surface area contributed by atoms with E-state index in [0.29, 0.717) is 0 Å². The molecular formula is C52H33NS2. The smallest absolute Gasteiger partial charge is 0.0640 e. The largest absolute Gasteiger partial charge is 0.308 e. The summed E-state index contributed by atoms with van der Waals surface area (Å²) in [5.74, 6) is 0. The second-order valence-electron chi connectivity index (χ2n) is 14.0. The van der Waals surface area contributed by atoms with Crippen molar-refractivity contribution in [3.8, 4) is 33.4 Å². The predicted molar refractivity (Wildman–Crippen MR) is 241 cm³/mol. The minimum absolute atomic E-state index is 1.12. The summed E-state index contributed by atoms with van der Waals surface area (Å²) in [6.45, 7) is 0. The molecule has 55 heavy (non-hydrogen) atoms. The van der Waals surface area contributed by atoms with E-state index in [1.54, 1.807) is 0 Å². The van der Waals surface area contributed by atoms with E-state index in [-0.39, 0.29) is 0 Å². The van der Waals surface area contributed by atoms with Crippen LogP contribution in [0.1, 0.15) is 0 Å². The maximum atomic E-state index is 2.47. The molecule has 0 saturated heterocycles. The molecule has 2 aromatic heterocycles. The van der Waals surface area contributed by atoms with E-state index >= 15 is 0 Å². The number of rotatable bonds is 6. The molecule has 0 aliphatic rings. The van der Waals surface area contributed by atoms with Gasteiger partial charge in [0.2, 0.25) is 0 Å². The molecule has 11 rings (SSSR count). The Bertz CT molecular complexity index is 3220. The van der Waals surface area contributed by atoms with Gasteiger partial charge in [0.05, 0.1) is 16.1 Å². The fraction of sp³-hybridized carbons (Fsp3) is 0. The fourth-order valence-corrected chi connectivity index (χ4v) is 10.8. The summed E-state index contributed by atoms with van der Waals surface area (Å²) in [5, 5.41) is 7.74. The van der Waals surface area contributed by atoms with Crippen LogP contribution in [-0.4, -0.2) is 0 Å². The van der Waals surface area contributed by atoms with E-state index in [1.165, 1.54) is 90.2 Å².